The van der Waals surface area contributed by atoms with E-state index in [2.05, 4.69) is 10.2 Å². The number of carbonyl (C=O) groups is 1. The smallest absolute Gasteiger partial charge is 0.308 e. The highest BCUT2D eigenvalue weighted by atomic mass is 16.5. The van der Waals surface area contributed by atoms with Gasteiger partial charge in [-0.1, -0.05) is 12.1 Å². The van der Waals surface area contributed by atoms with Gasteiger partial charge in [0.1, 0.15) is 18.5 Å². The Morgan fingerprint density at radius 1 is 1.31 bits per heavy atom. The first-order valence-corrected chi connectivity index (χ1v) is 10.3. The number of hydrogen-bond acceptors (Lipinski definition) is 7. The first kappa shape index (κ1) is 23.6. The number of esters is 1. The van der Waals surface area contributed by atoms with Crippen LogP contribution >= 0.6 is 0 Å². The third kappa shape index (κ3) is 8.30. The van der Waals surface area contributed by atoms with E-state index in [9.17, 15) is 9.90 Å². The number of piperidine rings is 1. The zero-order valence-electron chi connectivity index (χ0n) is 18.1. The van der Waals surface area contributed by atoms with E-state index in [0.717, 1.165) is 50.3 Å². The van der Waals surface area contributed by atoms with E-state index >= 15 is 0 Å². The molecule has 1 heterocycles. The van der Waals surface area contributed by atoms with Gasteiger partial charge in [0.25, 0.3) is 0 Å². The SMILES string of the molecule is COC(=O)C1CCN(C[C@H](O)COc2cccc(CNCC(C)(C)OC)c2)CC1. The van der Waals surface area contributed by atoms with Crippen LogP contribution in [-0.4, -0.2) is 74.7 Å². The molecular weight excluding hydrogens is 372 g/mol. The van der Waals surface area contributed by atoms with Gasteiger partial charge in [-0.05, 0) is 57.5 Å². The normalized spacial score (nSPS) is 17.1. The second kappa shape index (κ2) is 11.5. The number of rotatable bonds is 11. The van der Waals surface area contributed by atoms with E-state index in [1.807, 2.05) is 38.1 Å². The number of aliphatic hydroxyl groups is 1. The summed E-state index contributed by atoms with van der Waals surface area (Å²) in [6, 6.07) is 7.89. The standard InChI is InChI=1S/C22H36N2O5/c1-22(2,28-4)16-23-13-17-6-5-7-20(12-17)29-15-19(25)14-24-10-8-18(9-11-24)21(26)27-3/h5-7,12,18-19,23,25H,8-11,13-16H2,1-4H3/t19-/m0/s1. The summed E-state index contributed by atoms with van der Waals surface area (Å²) in [5, 5.41) is 13.7. The maximum absolute atomic E-state index is 11.6. The topological polar surface area (TPSA) is 80.3 Å². The summed E-state index contributed by atoms with van der Waals surface area (Å²) in [6.45, 7) is 7.91. The monoisotopic (exact) mass is 408 g/mol. The molecule has 2 N–H and O–H groups in total. The van der Waals surface area contributed by atoms with Crippen LogP contribution in [0.4, 0.5) is 0 Å². The van der Waals surface area contributed by atoms with Gasteiger partial charge in [0.05, 0.1) is 18.6 Å². The van der Waals surface area contributed by atoms with Gasteiger partial charge in [-0.15, -0.1) is 0 Å². The maximum Gasteiger partial charge on any atom is 0.308 e. The van der Waals surface area contributed by atoms with Crippen LogP contribution < -0.4 is 10.1 Å². The molecule has 0 bridgehead atoms. The predicted molar refractivity (Wildman–Crippen MR) is 112 cm³/mol. The van der Waals surface area contributed by atoms with Crippen LogP contribution in [0, 0.1) is 5.92 Å². The Morgan fingerprint density at radius 2 is 2.03 bits per heavy atom. The van der Waals surface area contributed by atoms with Crippen LogP contribution in [0.2, 0.25) is 0 Å². The molecule has 0 unspecified atom stereocenters. The lowest BCUT2D eigenvalue weighted by atomic mass is 9.97. The second-order valence-corrected chi connectivity index (χ2v) is 8.28. The van der Waals surface area contributed by atoms with Crippen LogP contribution in [0.25, 0.3) is 0 Å². The Bertz CT molecular complexity index is 629. The van der Waals surface area contributed by atoms with Gasteiger partial charge in [0.2, 0.25) is 0 Å². The number of nitrogens with zero attached hydrogens (tertiary/aromatic N) is 1. The number of carbonyl (C=O) groups excluding carboxylic acids is 1. The van der Waals surface area contributed by atoms with E-state index < -0.39 is 6.10 Å². The number of β-amino-alcohol motifs (C(OH)–C–C–N with tert-alkyl or cyclic N) is 1. The zero-order chi connectivity index (χ0) is 21.3. The Morgan fingerprint density at radius 3 is 2.69 bits per heavy atom. The lowest BCUT2D eigenvalue weighted by Gasteiger charge is -2.31. The van der Waals surface area contributed by atoms with Gasteiger partial charge in [-0.25, -0.2) is 0 Å². The maximum atomic E-state index is 11.6. The molecule has 0 spiro atoms. The number of methoxy groups -OCH3 is 2. The molecule has 1 aromatic rings. The molecule has 0 saturated carbocycles. The summed E-state index contributed by atoms with van der Waals surface area (Å²) in [6.07, 6.45) is 0.971. The third-order valence-corrected chi connectivity index (χ3v) is 5.36. The highest BCUT2D eigenvalue weighted by Gasteiger charge is 2.26. The minimum absolute atomic E-state index is 0.0181. The zero-order valence-corrected chi connectivity index (χ0v) is 18.1. The second-order valence-electron chi connectivity index (χ2n) is 8.28. The fourth-order valence-corrected chi connectivity index (χ4v) is 3.39. The Kier molecular flexibility index (Phi) is 9.36. The Balaban J connectivity index is 1.71. The minimum atomic E-state index is -0.575. The molecule has 1 fully saturated rings. The fraction of sp³-hybridized carbons (Fsp3) is 0.682. The Labute approximate surface area is 174 Å². The van der Waals surface area contributed by atoms with Gasteiger partial charge in [-0.3, -0.25) is 4.79 Å². The van der Waals surface area contributed by atoms with Crippen molar-refractivity contribution in [2.45, 2.75) is 44.9 Å². The van der Waals surface area contributed by atoms with Crippen molar-refractivity contribution >= 4 is 5.97 Å². The van der Waals surface area contributed by atoms with E-state index in [0.29, 0.717) is 6.54 Å². The number of aliphatic hydroxyl groups excluding tert-OH is 1. The van der Waals surface area contributed by atoms with Crippen molar-refractivity contribution in [2.75, 3.05) is 47.0 Å². The lowest BCUT2D eigenvalue weighted by Crippen LogP contribution is -2.42. The average molecular weight is 409 g/mol. The average Bonchev–Trinajstić information content (AvgIpc) is 2.72. The third-order valence-electron chi connectivity index (χ3n) is 5.36. The van der Waals surface area contributed by atoms with Crippen molar-refractivity contribution in [1.82, 2.24) is 10.2 Å². The summed E-state index contributed by atoms with van der Waals surface area (Å²) in [5.74, 6) is 0.600. The number of hydrogen-bond donors (Lipinski definition) is 2. The van der Waals surface area contributed by atoms with Gasteiger partial charge >= 0.3 is 5.97 Å². The molecule has 1 aromatic carbocycles. The van der Waals surface area contributed by atoms with Crippen LogP contribution in [0.15, 0.2) is 24.3 Å². The molecule has 7 heteroatoms. The molecule has 7 nitrogen and oxygen atoms in total. The van der Waals surface area contributed by atoms with Crippen LogP contribution in [0.1, 0.15) is 32.3 Å². The van der Waals surface area contributed by atoms with E-state index in [-0.39, 0.29) is 24.1 Å². The molecular formula is C22H36N2O5. The molecule has 0 amide bonds. The lowest BCUT2D eigenvalue weighted by molar-refractivity contribution is -0.147. The summed E-state index contributed by atoms with van der Waals surface area (Å²) >= 11 is 0. The molecule has 29 heavy (non-hydrogen) atoms. The molecule has 0 aromatic heterocycles. The molecule has 1 aliphatic rings. The predicted octanol–water partition coefficient (Wildman–Crippen LogP) is 1.83. The summed E-state index contributed by atoms with van der Waals surface area (Å²) in [7, 11) is 3.14. The van der Waals surface area contributed by atoms with Crippen molar-refractivity contribution in [3.63, 3.8) is 0 Å². The molecule has 1 atom stereocenters. The van der Waals surface area contributed by atoms with Crippen molar-refractivity contribution in [3.05, 3.63) is 29.8 Å². The summed E-state index contributed by atoms with van der Waals surface area (Å²) in [5.41, 5.74) is 0.914. The van der Waals surface area contributed by atoms with Gasteiger partial charge in [-0.2, -0.15) is 0 Å². The summed E-state index contributed by atoms with van der Waals surface area (Å²) < 4.78 is 16.0. The van der Waals surface area contributed by atoms with E-state index in [4.69, 9.17) is 14.2 Å². The molecule has 164 valence electrons. The van der Waals surface area contributed by atoms with Gasteiger partial charge in [0.15, 0.2) is 0 Å². The van der Waals surface area contributed by atoms with Crippen LogP contribution in [-0.2, 0) is 20.8 Å². The molecule has 0 aliphatic carbocycles. The largest absolute Gasteiger partial charge is 0.491 e. The Hall–Kier alpha value is -1.67. The molecule has 1 saturated heterocycles. The summed E-state index contributed by atoms with van der Waals surface area (Å²) in [4.78, 5) is 13.8. The highest BCUT2D eigenvalue weighted by Crippen LogP contribution is 2.19. The molecule has 2 rings (SSSR count). The van der Waals surface area contributed by atoms with E-state index in [1.165, 1.54) is 7.11 Å². The van der Waals surface area contributed by atoms with Crippen molar-refractivity contribution < 1.29 is 24.1 Å². The first-order chi connectivity index (χ1) is 13.8. The van der Waals surface area contributed by atoms with Crippen molar-refractivity contribution in [3.8, 4) is 5.75 Å². The number of likely N-dealkylation sites (tertiary alicyclic amines) is 1. The number of nitrogens with one attached hydrogen (secondary N) is 1. The molecule has 0 radical (unpaired) electrons. The van der Waals surface area contributed by atoms with Gasteiger partial charge < -0.3 is 29.5 Å². The first-order valence-electron chi connectivity index (χ1n) is 10.3. The fourth-order valence-electron chi connectivity index (χ4n) is 3.39. The van der Waals surface area contributed by atoms with Crippen molar-refractivity contribution in [2.24, 2.45) is 5.92 Å². The molecule has 1 aliphatic heterocycles. The van der Waals surface area contributed by atoms with E-state index in [1.54, 1.807) is 7.11 Å². The minimum Gasteiger partial charge on any atom is -0.491 e. The van der Waals surface area contributed by atoms with Crippen LogP contribution in [0.3, 0.4) is 0 Å². The number of benzene rings is 1. The van der Waals surface area contributed by atoms with Crippen molar-refractivity contribution in [1.29, 1.82) is 0 Å². The van der Waals surface area contributed by atoms with Gasteiger partial charge in [0, 0.05) is 26.7 Å². The van der Waals surface area contributed by atoms with Crippen LogP contribution in [0.5, 0.6) is 5.75 Å². The number of ether oxygens (including phenoxy) is 3. The quantitative estimate of drug-likeness (QED) is 0.541. The highest BCUT2D eigenvalue weighted by molar-refractivity contribution is 5.72.